The SMILES string of the molecule is CC1=CC(=O)C[C@@]2(C)CC[C@@H](C(C)CC(=O)CC(C)C)C[C@H]12. The van der Waals surface area contributed by atoms with Crippen LogP contribution in [0.25, 0.3) is 0 Å². The van der Waals surface area contributed by atoms with E-state index in [9.17, 15) is 9.59 Å². The average molecular weight is 304 g/mol. The summed E-state index contributed by atoms with van der Waals surface area (Å²) in [6.07, 6.45) is 7.47. The summed E-state index contributed by atoms with van der Waals surface area (Å²) in [7, 11) is 0. The first kappa shape index (κ1) is 17.4. The molecule has 0 aromatic heterocycles. The maximum atomic E-state index is 12.1. The minimum atomic E-state index is 0.161. The number of allylic oxidation sites excluding steroid dienone is 2. The number of hydrogen-bond donors (Lipinski definition) is 0. The van der Waals surface area contributed by atoms with Crippen molar-refractivity contribution in [3.63, 3.8) is 0 Å². The maximum Gasteiger partial charge on any atom is 0.156 e. The number of carbonyl (C=O) groups is 2. The van der Waals surface area contributed by atoms with Gasteiger partial charge in [-0.3, -0.25) is 9.59 Å². The molecule has 0 amide bonds. The zero-order valence-corrected chi connectivity index (χ0v) is 14.9. The molecule has 0 aliphatic heterocycles. The number of Topliss-reactive ketones (excluding diaryl/α,β-unsaturated/α-hetero) is 1. The summed E-state index contributed by atoms with van der Waals surface area (Å²) in [6.45, 7) is 10.9. The molecule has 22 heavy (non-hydrogen) atoms. The second kappa shape index (κ2) is 6.68. The molecule has 0 spiro atoms. The van der Waals surface area contributed by atoms with Crippen LogP contribution in [0.1, 0.15) is 73.1 Å². The largest absolute Gasteiger partial charge is 0.300 e. The molecule has 0 N–H and O–H groups in total. The molecule has 1 fully saturated rings. The van der Waals surface area contributed by atoms with Gasteiger partial charge in [0.05, 0.1) is 0 Å². The lowest BCUT2D eigenvalue weighted by atomic mass is 9.56. The second-order valence-corrected chi connectivity index (χ2v) is 8.59. The van der Waals surface area contributed by atoms with E-state index in [-0.39, 0.29) is 5.41 Å². The van der Waals surface area contributed by atoms with Gasteiger partial charge in [0.15, 0.2) is 5.78 Å². The molecule has 2 aliphatic rings. The quantitative estimate of drug-likeness (QED) is 0.718. The number of carbonyl (C=O) groups excluding carboxylic acids is 2. The van der Waals surface area contributed by atoms with Crippen LogP contribution in [0.5, 0.6) is 0 Å². The molecule has 0 aromatic rings. The first-order valence-electron chi connectivity index (χ1n) is 8.94. The van der Waals surface area contributed by atoms with Crippen molar-refractivity contribution < 1.29 is 9.59 Å². The fourth-order valence-corrected chi connectivity index (χ4v) is 4.73. The number of hydrogen-bond acceptors (Lipinski definition) is 2. The van der Waals surface area contributed by atoms with Crippen molar-refractivity contribution in [2.24, 2.45) is 29.1 Å². The zero-order valence-electron chi connectivity index (χ0n) is 14.9. The van der Waals surface area contributed by atoms with Crippen molar-refractivity contribution in [3.8, 4) is 0 Å². The lowest BCUT2D eigenvalue weighted by Crippen LogP contribution is -2.40. The van der Waals surface area contributed by atoms with Crippen molar-refractivity contribution in [1.82, 2.24) is 0 Å². The van der Waals surface area contributed by atoms with Gasteiger partial charge in [-0.2, -0.15) is 0 Å². The third-order valence-corrected chi connectivity index (χ3v) is 5.97. The minimum absolute atomic E-state index is 0.161. The molecule has 0 saturated heterocycles. The van der Waals surface area contributed by atoms with Gasteiger partial charge in [-0.25, -0.2) is 0 Å². The molecular formula is C20H32O2. The Balaban J connectivity index is 2.00. The van der Waals surface area contributed by atoms with E-state index in [4.69, 9.17) is 0 Å². The highest BCUT2D eigenvalue weighted by molar-refractivity contribution is 5.92. The van der Waals surface area contributed by atoms with Crippen LogP contribution >= 0.6 is 0 Å². The summed E-state index contributed by atoms with van der Waals surface area (Å²) in [5.41, 5.74) is 1.43. The Kier molecular flexibility index (Phi) is 5.29. The zero-order chi connectivity index (χ0) is 16.5. The van der Waals surface area contributed by atoms with Gasteiger partial charge in [0.2, 0.25) is 0 Å². The van der Waals surface area contributed by atoms with Crippen LogP contribution in [0.15, 0.2) is 11.6 Å². The van der Waals surface area contributed by atoms with E-state index < -0.39 is 0 Å². The van der Waals surface area contributed by atoms with E-state index in [1.54, 1.807) is 0 Å². The van der Waals surface area contributed by atoms with Gasteiger partial charge < -0.3 is 0 Å². The Morgan fingerprint density at radius 2 is 2.00 bits per heavy atom. The number of rotatable bonds is 5. The molecule has 0 heterocycles. The van der Waals surface area contributed by atoms with Crippen molar-refractivity contribution in [2.75, 3.05) is 0 Å². The van der Waals surface area contributed by atoms with Crippen LogP contribution in [-0.4, -0.2) is 11.6 Å². The van der Waals surface area contributed by atoms with Gasteiger partial charge in [0, 0.05) is 19.3 Å². The Labute approximate surface area is 135 Å². The minimum Gasteiger partial charge on any atom is -0.300 e. The van der Waals surface area contributed by atoms with E-state index in [1.165, 1.54) is 12.0 Å². The van der Waals surface area contributed by atoms with E-state index in [0.717, 1.165) is 19.3 Å². The molecule has 124 valence electrons. The van der Waals surface area contributed by atoms with Gasteiger partial charge in [-0.05, 0) is 61.3 Å². The normalized spacial score (nSPS) is 33.4. The summed E-state index contributed by atoms with van der Waals surface area (Å²) >= 11 is 0. The number of fused-ring (bicyclic) bond motifs is 1. The molecule has 0 aromatic carbocycles. The highest BCUT2D eigenvalue weighted by Gasteiger charge is 2.44. The Bertz CT molecular complexity index is 474. The van der Waals surface area contributed by atoms with Crippen LogP contribution in [0.3, 0.4) is 0 Å². The Morgan fingerprint density at radius 3 is 2.64 bits per heavy atom. The standard InChI is InChI=1S/C20H32O2/c1-13(2)8-17(21)9-14(3)16-6-7-20(5)12-18(22)10-15(4)19(20)11-16/h10,13-14,16,19H,6-9,11-12H2,1-5H3/t14?,16-,19-,20-/m1/s1. The Morgan fingerprint density at radius 1 is 1.32 bits per heavy atom. The monoisotopic (exact) mass is 304 g/mol. The van der Waals surface area contributed by atoms with Crippen LogP contribution in [-0.2, 0) is 9.59 Å². The predicted molar refractivity (Wildman–Crippen MR) is 90.6 cm³/mol. The first-order chi connectivity index (χ1) is 10.2. The average Bonchev–Trinajstić information content (AvgIpc) is 2.35. The molecule has 2 heteroatoms. The van der Waals surface area contributed by atoms with Crippen molar-refractivity contribution in [2.45, 2.75) is 73.1 Å². The van der Waals surface area contributed by atoms with E-state index in [1.807, 2.05) is 6.08 Å². The Hall–Kier alpha value is -0.920. The molecular weight excluding hydrogens is 272 g/mol. The molecule has 2 nitrogen and oxygen atoms in total. The fourth-order valence-electron chi connectivity index (χ4n) is 4.73. The van der Waals surface area contributed by atoms with E-state index in [0.29, 0.717) is 48.1 Å². The number of ketones is 2. The fraction of sp³-hybridized carbons (Fsp3) is 0.800. The molecule has 4 atom stereocenters. The first-order valence-corrected chi connectivity index (χ1v) is 8.94. The summed E-state index contributed by atoms with van der Waals surface area (Å²) < 4.78 is 0. The van der Waals surface area contributed by atoms with Gasteiger partial charge >= 0.3 is 0 Å². The van der Waals surface area contributed by atoms with Crippen LogP contribution in [0.2, 0.25) is 0 Å². The third kappa shape index (κ3) is 3.88. The van der Waals surface area contributed by atoms with Crippen molar-refractivity contribution >= 4 is 11.6 Å². The van der Waals surface area contributed by atoms with Gasteiger partial charge in [-0.15, -0.1) is 0 Å². The summed E-state index contributed by atoms with van der Waals surface area (Å²) in [5, 5.41) is 0. The molecule has 2 rings (SSSR count). The summed E-state index contributed by atoms with van der Waals surface area (Å²) in [5.74, 6) is 2.82. The smallest absolute Gasteiger partial charge is 0.156 e. The van der Waals surface area contributed by atoms with Crippen molar-refractivity contribution in [1.29, 1.82) is 0 Å². The second-order valence-electron chi connectivity index (χ2n) is 8.59. The lowest BCUT2D eigenvalue weighted by molar-refractivity contribution is -0.121. The van der Waals surface area contributed by atoms with Crippen LogP contribution < -0.4 is 0 Å². The highest BCUT2D eigenvalue weighted by atomic mass is 16.1. The lowest BCUT2D eigenvalue weighted by Gasteiger charge is -2.48. The van der Waals surface area contributed by atoms with Gasteiger partial charge in [0.1, 0.15) is 5.78 Å². The van der Waals surface area contributed by atoms with Crippen molar-refractivity contribution in [3.05, 3.63) is 11.6 Å². The van der Waals surface area contributed by atoms with Gasteiger partial charge in [-0.1, -0.05) is 33.3 Å². The summed E-state index contributed by atoms with van der Waals surface area (Å²) in [4.78, 5) is 24.0. The van der Waals surface area contributed by atoms with Gasteiger partial charge in [0.25, 0.3) is 0 Å². The van der Waals surface area contributed by atoms with E-state index in [2.05, 4.69) is 34.6 Å². The van der Waals surface area contributed by atoms with Crippen LogP contribution in [0, 0.1) is 29.1 Å². The molecule has 1 saturated carbocycles. The van der Waals surface area contributed by atoms with Crippen LogP contribution in [0.4, 0.5) is 0 Å². The molecule has 1 unspecified atom stereocenters. The third-order valence-electron chi connectivity index (χ3n) is 5.97. The maximum absolute atomic E-state index is 12.1. The highest BCUT2D eigenvalue weighted by Crippen LogP contribution is 2.52. The summed E-state index contributed by atoms with van der Waals surface area (Å²) in [6, 6.07) is 0. The molecule has 0 bridgehead atoms. The predicted octanol–water partition coefficient (Wildman–Crippen LogP) is 4.97. The van der Waals surface area contributed by atoms with E-state index >= 15 is 0 Å². The topological polar surface area (TPSA) is 34.1 Å². The molecule has 0 radical (unpaired) electrons. The molecule has 2 aliphatic carbocycles.